The van der Waals surface area contributed by atoms with Gasteiger partial charge in [-0.15, -0.1) is 0 Å². The summed E-state index contributed by atoms with van der Waals surface area (Å²) in [7, 11) is 2.85. The van der Waals surface area contributed by atoms with Crippen LogP contribution in [0.15, 0.2) is 47.7 Å². The minimum Gasteiger partial charge on any atom is -0.496 e. The van der Waals surface area contributed by atoms with Gasteiger partial charge in [0.05, 0.1) is 19.8 Å². The van der Waals surface area contributed by atoms with Crippen molar-refractivity contribution in [3.8, 4) is 17.2 Å². The molecule has 176 valence electrons. The van der Waals surface area contributed by atoms with Crippen LogP contribution in [0.2, 0.25) is 5.02 Å². The molecule has 34 heavy (non-hydrogen) atoms. The SMILES string of the molecule is COc1cc(OC)c2c(c1Cl)O[C@]1(C2=O)C2=C(C(=O)C[C@H]1C)[C@@H](C(N)=O)[C@H](c1ccccc1)O2. The molecule has 1 spiro atoms. The summed E-state index contributed by atoms with van der Waals surface area (Å²) < 4.78 is 23.3. The molecule has 2 heterocycles. The van der Waals surface area contributed by atoms with Crippen molar-refractivity contribution in [1.82, 2.24) is 0 Å². The molecule has 0 saturated carbocycles. The molecule has 2 aromatic carbocycles. The number of methoxy groups -OCH3 is 2. The largest absolute Gasteiger partial charge is 0.496 e. The van der Waals surface area contributed by atoms with Gasteiger partial charge in [0, 0.05) is 18.4 Å². The molecule has 2 aromatic rings. The lowest BCUT2D eigenvalue weighted by atomic mass is 9.71. The molecule has 0 unspecified atom stereocenters. The molecule has 2 N–H and O–H groups in total. The summed E-state index contributed by atoms with van der Waals surface area (Å²) in [4.78, 5) is 39.8. The van der Waals surface area contributed by atoms with Crippen molar-refractivity contribution in [2.45, 2.75) is 25.0 Å². The van der Waals surface area contributed by atoms with Crippen LogP contribution in [0.25, 0.3) is 0 Å². The zero-order valence-electron chi connectivity index (χ0n) is 18.7. The number of carbonyl (C=O) groups is 3. The lowest BCUT2D eigenvalue weighted by molar-refractivity contribution is -0.125. The van der Waals surface area contributed by atoms with E-state index >= 15 is 0 Å². The summed E-state index contributed by atoms with van der Waals surface area (Å²) in [5.74, 6) is -2.61. The number of primary amides is 1. The van der Waals surface area contributed by atoms with E-state index in [4.69, 9.17) is 36.3 Å². The predicted molar refractivity (Wildman–Crippen MR) is 121 cm³/mol. The summed E-state index contributed by atoms with van der Waals surface area (Å²) in [5.41, 5.74) is 4.90. The molecular weight excluding hydrogens is 462 g/mol. The van der Waals surface area contributed by atoms with Crippen LogP contribution in [0, 0.1) is 11.8 Å². The number of hydrogen-bond donors (Lipinski definition) is 1. The topological polar surface area (TPSA) is 114 Å². The number of hydrogen-bond acceptors (Lipinski definition) is 7. The summed E-state index contributed by atoms with van der Waals surface area (Å²) in [6, 6.07) is 10.5. The Balaban J connectivity index is 1.73. The molecular formula is C25H22ClNO7. The standard InChI is InChI=1S/C25H22ClNO7/c1-11-9-13(28)16-18(24(27)30)20(12-7-5-4-6-8-12)33-23(16)25(11)22(29)17-14(31-2)10-15(32-3)19(26)21(17)34-25/h4-8,10-11,18,20H,9H2,1-3H3,(H2,27,30)/t11-,18-,20+,25-/m1/s1. The molecule has 5 rings (SSSR count). The molecule has 4 atom stereocenters. The maximum atomic E-state index is 14.0. The first kappa shape index (κ1) is 22.3. The Kier molecular flexibility index (Phi) is 5.09. The maximum absolute atomic E-state index is 14.0. The predicted octanol–water partition coefficient (Wildman–Crippen LogP) is 3.41. The maximum Gasteiger partial charge on any atom is 0.231 e. The first-order valence-electron chi connectivity index (χ1n) is 10.7. The van der Waals surface area contributed by atoms with Crippen LogP contribution >= 0.6 is 11.6 Å². The van der Waals surface area contributed by atoms with Gasteiger partial charge in [0.15, 0.2) is 17.3 Å². The van der Waals surface area contributed by atoms with Gasteiger partial charge in [-0.3, -0.25) is 14.4 Å². The fraction of sp³-hybridized carbons (Fsp3) is 0.320. The van der Waals surface area contributed by atoms with E-state index in [2.05, 4.69) is 0 Å². The van der Waals surface area contributed by atoms with Crippen LogP contribution in [-0.2, 0) is 14.3 Å². The van der Waals surface area contributed by atoms with Crippen LogP contribution in [0.3, 0.4) is 0 Å². The van der Waals surface area contributed by atoms with E-state index in [1.807, 2.05) is 6.07 Å². The zero-order valence-corrected chi connectivity index (χ0v) is 19.5. The van der Waals surface area contributed by atoms with E-state index in [0.717, 1.165) is 0 Å². The van der Waals surface area contributed by atoms with E-state index in [1.165, 1.54) is 20.3 Å². The number of amides is 1. The van der Waals surface area contributed by atoms with E-state index < -0.39 is 35.2 Å². The molecule has 1 aliphatic carbocycles. The van der Waals surface area contributed by atoms with Crippen LogP contribution < -0.4 is 19.9 Å². The smallest absolute Gasteiger partial charge is 0.231 e. The van der Waals surface area contributed by atoms with Crippen molar-refractivity contribution >= 4 is 29.1 Å². The van der Waals surface area contributed by atoms with E-state index in [0.29, 0.717) is 5.56 Å². The van der Waals surface area contributed by atoms with Gasteiger partial charge in [-0.2, -0.15) is 0 Å². The Bertz CT molecular complexity index is 1270. The van der Waals surface area contributed by atoms with Gasteiger partial charge in [0.25, 0.3) is 0 Å². The lowest BCUT2D eigenvalue weighted by Gasteiger charge is -2.37. The number of ketones is 2. The van der Waals surface area contributed by atoms with Crippen molar-refractivity contribution < 1.29 is 33.3 Å². The van der Waals surface area contributed by atoms with Crippen LogP contribution in [-0.4, -0.2) is 37.3 Å². The minimum absolute atomic E-state index is 0.00666. The van der Waals surface area contributed by atoms with Gasteiger partial charge in [-0.1, -0.05) is 48.9 Å². The minimum atomic E-state index is -1.70. The number of fused-ring (bicyclic) bond motifs is 2. The number of benzene rings is 2. The number of halogens is 1. The van der Waals surface area contributed by atoms with E-state index in [1.54, 1.807) is 31.2 Å². The molecule has 8 nitrogen and oxygen atoms in total. The highest BCUT2D eigenvalue weighted by Gasteiger charge is 2.65. The fourth-order valence-corrected chi connectivity index (χ4v) is 5.43. The third-order valence-corrected chi connectivity index (χ3v) is 7.14. The normalized spacial score (nSPS) is 27.2. The summed E-state index contributed by atoms with van der Waals surface area (Å²) in [6.45, 7) is 1.72. The summed E-state index contributed by atoms with van der Waals surface area (Å²) in [6.07, 6.45) is -0.911. The fourth-order valence-electron chi connectivity index (χ4n) is 5.16. The molecule has 0 fully saturated rings. The third-order valence-electron chi connectivity index (χ3n) is 6.78. The molecule has 0 radical (unpaired) electrons. The molecule has 0 saturated heterocycles. The van der Waals surface area contributed by atoms with Crippen molar-refractivity contribution in [2.75, 3.05) is 14.2 Å². The second-order valence-corrected chi connectivity index (χ2v) is 8.94. The van der Waals surface area contributed by atoms with Crippen molar-refractivity contribution in [3.63, 3.8) is 0 Å². The van der Waals surface area contributed by atoms with Gasteiger partial charge in [-0.25, -0.2) is 0 Å². The van der Waals surface area contributed by atoms with Gasteiger partial charge in [0.2, 0.25) is 17.3 Å². The van der Waals surface area contributed by atoms with Crippen molar-refractivity contribution in [3.05, 3.63) is 63.9 Å². The molecule has 0 bridgehead atoms. The second-order valence-electron chi connectivity index (χ2n) is 8.57. The Hall–Kier alpha value is -3.52. The molecule has 9 heteroatoms. The van der Waals surface area contributed by atoms with Gasteiger partial charge in [0.1, 0.15) is 34.1 Å². The average Bonchev–Trinajstić information content (AvgIpc) is 3.38. The number of nitrogens with two attached hydrogens (primary N) is 1. The second kappa shape index (κ2) is 7.77. The average molecular weight is 484 g/mol. The van der Waals surface area contributed by atoms with Crippen LogP contribution in [0.5, 0.6) is 17.2 Å². The van der Waals surface area contributed by atoms with Gasteiger partial charge >= 0.3 is 0 Å². The first-order valence-corrected chi connectivity index (χ1v) is 11.1. The van der Waals surface area contributed by atoms with Gasteiger partial charge in [-0.05, 0) is 5.56 Å². The summed E-state index contributed by atoms with van der Waals surface area (Å²) in [5, 5.41) is 0.0961. The highest BCUT2D eigenvalue weighted by molar-refractivity contribution is 6.35. The first-order chi connectivity index (χ1) is 16.3. The van der Waals surface area contributed by atoms with Crippen LogP contribution in [0.1, 0.15) is 35.4 Å². The highest BCUT2D eigenvalue weighted by atomic mass is 35.5. The molecule has 0 aromatic heterocycles. The monoisotopic (exact) mass is 483 g/mol. The van der Waals surface area contributed by atoms with E-state index in [9.17, 15) is 14.4 Å². The highest BCUT2D eigenvalue weighted by Crippen LogP contribution is 2.59. The Morgan fingerprint density at radius 3 is 2.44 bits per heavy atom. The lowest BCUT2D eigenvalue weighted by Crippen LogP contribution is -2.52. The quantitative estimate of drug-likeness (QED) is 0.708. The molecule has 3 aliphatic rings. The zero-order chi connectivity index (χ0) is 24.4. The number of rotatable bonds is 4. The Morgan fingerprint density at radius 1 is 1.15 bits per heavy atom. The van der Waals surface area contributed by atoms with Crippen molar-refractivity contribution in [2.24, 2.45) is 17.6 Å². The number of ether oxygens (including phenoxy) is 4. The van der Waals surface area contributed by atoms with Crippen molar-refractivity contribution in [1.29, 1.82) is 0 Å². The molecule has 1 amide bonds. The van der Waals surface area contributed by atoms with Gasteiger partial charge < -0.3 is 24.7 Å². The number of Topliss-reactive ketones (excluding diaryl/α,β-unsaturated/α-hetero) is 2. The van der Waals surface area contributed by atoms with E-state index in [-0.39, 0.29) is 51.4 Å². The Labute approximate surface area is 200 Å². The molecule has 2 aliphatic heterocycles. The Morgan fingerprint density at radius 2 is 1.82 bits per heavy atom. The summed E-state index contributed by atoms with van der Waals surface area (Å²) >= 11 is 6.52. The third kappa shape index (κ3) is 2.81. The van der Waals surface area contributed by atoms with Crippen LogP contribution in [0.4, 0.5) is 0 Å². The number of carbonyl (C=O) groups excluding carboxylic acids is 3.